The molecule has 2 aliphatic rings. The minimum absolute atomic E-state index is 0.0921. The van der Waals surface area contributed by atoms with E-state index in [0.717, 1.165) is 51.6 Å². The zero-order chi connectivity index (χ0) is 28.5. The number of carbonyl (C=O) groups excluding carboxylic acids is 1. The molecule has 6 nitrogen and oxygen atoms in total. The van der Waals surface area contributed by atoms with Gasteiger partial charge in [0.2, 0.25) is 0 Å². The number of benzene rings is 2. The van der Waals surface area contributed by atoms with E-state index in [9.17, 15) is 4.79 Å². The highest BCUT2D eigenvalue weighted by Gasteiger charge is 2.37. The van der Waals surface area contributed by atoms with Gasteiger partial charge in [-0.25, -0.2) is 4.79 Å². The molecular weight excluding hydrogens is 500 g/mol. The maximum atomic E-state index is 12.7. The van der Waals surface area contributed by atoms with Gasteiger partial charge in [-0.3, -0.25) is 4.90 Å². The van der Waals surface area contributed by atoms with E-state index in [1.54, 1.807) is 0 Å². The predicted molar refractivity (Wildman–Crippen MR) is 160 cm³/mol. The van der Waals surface area contributed by atoms with Gasteiger partial charge in [0.1, 0.15) is 5.60 Å². The summed E-state index contributed by atoms with van der Waals surface area (Å²) in [6.45, 7) is 13.1. The van der Waals surface area contributed by atoms with E-state index >= 15 is 0 Å². The molecule has 220 valence electrons. The molecule has 1 saturated carbocycles. The largest absolute Gasteiger partial charge is 0.444 e. The maximum absolute atomic E-state index is 12.7. The zero-order valence-corrected chi connectivity index (χ0v) is 25.3. The Kier molecular flexibility index (Phi) is 11.1. The molecule has 1 saturated heterocycles. The Morgan fingerprint density at radius 2 is 1.25 bits per heavy atom. The highest BCUT2D eigenvalue weighted by Crippen LogP contribution is 2.29. The lowest BCUT2D eigenvalue weighted by Gasteiger charge is -2.42. The highest BCUT2D eigenvalue weighted by atomic mass is 16.6. The van der Waals surface area contributed by atoms with Crippen molar-refractivity contribution < 1.29 is 19.0 Å². The Hall–Kier alpha value is -2.41. The van der Waals surface area contributed by atoms with Gasteiger partial charge in [0.25, 0.3) is 0 Å². The number of nitrogens with zero attached hydrogens (tertiary/aromatic N) is 2. The molecule has 0 bridgehead atoms. The predicted octanol–water partition coefficient (Wildman–Crippen LogP) is 7.21. The van der Waals surface area contributed by atoms with Crippen molar-refractivity contribution in [2.75, 3.05) is 13.2 Å². The number of ether oxygens (including phenoxy) is 3. The van der Waals surface area contributed by atoms with Gasteiger partial charge in [0.15, 0.2) is 0 Å². The number of rotatable bonds is 10. The molecule has 1 amide bonds. The minimum atomic E-state index is -0.484. The van der Waals surface area contributed by atoms with Crippen molar-refractivity contribution >= 4 is 6.09 Å². The van der Waals surface area contributed by atoms with E-state index in [0.29, 0.717) is 25.4 Å². The molecule has 0 N–H and O–H groups in total. The first-order valence-electron chi connectivity index (χ1n) is 15.2. The molecule has 40 heavy (non-hydrogen) atoms. The molecule has 6 heteroatoms. The molecule has 1 aliphatic heterocycles. The second kappa shape index (κ2) is 14.5. The van der Waals surface area contributed by atoms with Crippen LogP contribution >= 0.6 is 0 Å². The summed E-state index contributed by atoms with van der Waals surface area (Å²) in [7, 11) is 0. The number of likely N-dealkylation sites (tertiary alicyclic amines) is 1. The summed E-state index contributed by atoms with van der Waals surface area (Å²) < 4.78 is 18.1. The van der Waals surface area contributed by atoms with Crippen molar-refractivity contribution in [2.45, 2.75) is 122 Å². The van der Waals surface area contributed by atoms with Gasteiger partial charge >= 0.3 is 6.09 Å². The SMILES string of the molecule is CC1CC(OCCO[C@H]2CC[C@H](N(Cc3ccccc3)Cc3ccccc3)CC2)CC(C)N1C(=O)OC(C)(C)C. The molecule has 1 heterocycles. The van der Waals surface area contributed by atoms with Crippen LogP contribution in [0.5, 0.6) is 0 Å². The molecule has 4 rings (SSSR count). The normalized spacial score (nSPS) is 25.6. The molecule has 2 unspecified atom stereocenters. The van der Waals surface area contributed by atoms with Crippen LogP contribution in [-0.2, 0) is 27.3 Å². The lowest BCUT2D eigenvalue weighted by atomic mass is 9.91. The quantitative estimate of drug-likeness (QED) is 0.293. The number of carbonyl (C=O) groups is 1. The van der Waals surface area contributed by atoms with Crippen LogP contribution in [0.2, 0.25) is 0 Å². The van der Waals surface area contributed by atoms with Crippen LogP contribution in [0.15, 0.2) is 60.7 Å². The summed E-state index contributed by atoms with van der Waals surface area (Å²) in [6.07, 6.45) is 6.37. The Balaban J connectivity index is 1.18. The number of hydrogen-bond acceptors (Lipinski definition) is 5. The fourth-order valence-electron chi connectivity index (χ4n) is 6.29. The van der Waals surface area contributed by atoms with Crippen LogP contribution in [-0.4, -0.2) is 65.0 Å². The zero-order valence-electron chi connectivity index (χ0n) is 25.3. The third-order valence-electron chi connectivity index (χ3n) is 8.17. The smallest absolute Gasteiger partial charge is 0.410 e. The van der Waals surface area contributed by atoms with Gasteiger partial charge in [-0.05, 0) is 84.3 Å². The molecule has 0 spiro atoms. The van der Waals surface area contributed by atoms with Crippen molar-refractivity contribution in [3.8, 4) is 0 Å². The van der Waals surface area contributed by atoms with Gasteiger partial charge in [0.05, 0.1) is 25.4 Å². The van der Waals surface area contributed by atoms with E-state index in [-0.39, 0.29) is 24.3 Å². The van der Waals surface area contributed by atoms with Gasteiger partial charge in [-0.15, -0.1) is 0 Å². The second-order valence-corrected chi connectivity index (χ2v) is 12.7. The van der Waals surface area contributed by atoms with Crippen LogP contribution in [0.3, 0.4) is 0 Å². The van der Waals surface area contributed by atoms with Crippen molar-refractivity contribution in [3.63, 3.8) is 0 Å². The molecule has 1 aliphatic carbocycles. The summed E-state index contributed by atoms with van der Waals surface area (Å²) in [4.78, 5) is 17.2. The maximum Gasteiger partial charge on any atom is 0.410 e. The van der Waals surface area contributed by atoms with Crippen LogP contribution in [0.4, 0.5) is 4.79 Å². The molecule has 0 aromatic heterocycles. The fourth-order valence-corrected chi connectivity index (χ4v) is 6.29. The van der Waals surface area contributed by atoms with Gasteiger partial charge in [-0.2, -0.15) is 0 Å². The van der Waals surface area contributed by atoms with Crippen LogP contribution < -0.4 is 0 Å². The van der Waals surface area contributed by atoms with Crippen molar-refractivity contribution in [1.82, 2.24) is 9.80 Å². The van der Waals surface area contributed by atoms with E-state index < -0.39 is 5.60 Å². The summed E-state index contributed by atoms with van der Waals surface area (Å²) in [5.41, 5.74) is 2.26. The fraction of sp³-hybridized carbons (Fsp3) is 0.618. The number of hydrogen-bond donors (Lipinski definition) is 0. The highest BCUT2D eigenvalue weighted by molar-refractivity contribution is 5.69. The minimum Gasteiger partial charge on any atom is -0.444 e. The van der Waals surface area contributed by atoms with Crippen molar-refractivity contribution in [3.05, 3.63) is 71.8 Å². The first-order valence-corrected chi connectivity index (χ1v) is 15.2. The Morgan fingerprint density at radius 3 is 1.73 bits per heavy atom. The number of piperidine rings is 1. The first-order chi connectivity index (χ1) is 19.2. The first kappa shape index (κ1) is 30.5. The van der Waals surface area contributed by atoms with Crippen LogP contribution in [0, 0.1) is 0 Å². The lowest BCUT2D eigenvalue weighted by Crippen LogP contribution is -2.53. The topological polar surface area (TPSA) is 51.2 Å². The molecular formula is C34H50N2O4. The lowest BCUT2D eigenvalue weighted by molar-refractivity contribution is -0.0713. The summed E-state index contributed by atoms with van der Waals surface area (Å²) in [5.74, 6) is 0. The average molecular weight is 551 g/mol. The second-order valence-electron chi connectivity index (χ2n) is 12.7. The molecule has 2 aromatic rings. The van der Waals surface area contributed by atoms with Crippen molar-refractivity contribution in [1.29, 1.82) is 0 Å². The third-order valence-corrected chi connectivity index (χ3v) is 8.17. The average Bonchev–Trinajstić information content (AvgIpc) is 2.91. The van der Waals surface area contributed by atoms with E-state index in [1.807, 2.05) is 25.7 Å². The standard InChI is InChI=1S/C34H50N2O4/c1-26-22-32(23-27(2)36(26)33(37)40-34(3,4)5)39-21-20-38-31-18-16-30(17-19-31)35(24-28-12-8-6-9-13-28)25-29-14-10-7-11-15-29/h6-15,26-27,30-32H,16-25H2,1-5H3/t26?,27?,30-,31-,32?. The third kappa shape index (κ3) is 9.32. The molecule has 0 radical (unpaired) electrons. The summed E-state index contributed by atoms with van der Waals surface area (Å²) in [6, 6.07) is 22.4. The van der Waals surface area contributed by atoms with E-state index in [1.165, 1.54) is 11.1 Å². The van der Waals surface area contributed by atoms with Crippen LogP contribution in [0.25, 0.3) is 0 Å². The Labute approximate surface area is 242 Å². The molecule has 2 atom stereocenters. The monoisotopic (exact) mass is 550 g/mol. The number of amides is 1. The summed E-state index contributed by atoms with van der Waals surface area (Å²) in [5, 5.41) is 0. The van der Waals surface area contributed by atoms with Crippen molar-refractivity contribution in [2.24, 2.45) is 0 Å². The van der Waals surface area contributed by atoms with E-state index in [4.69, 9.17) is 14.2 Å². The van der Waals surface area contributed by atoms with Gasteiger partial charge in [0, 0.05) is 31.2 Å². The molecule has 2 fully saturated rings. The molecule has 2 aromatic carbocycles. The van der Waals surface area contributed by atoms with Gasteiger partial charge < -0.3 is 19.1 Å². The van der Waals surface area contributed by atoms with Gasteiger partial charge in [-0.1, -0.05) is 60.7 Å². The Bertz CT molecular complexity index is 964. The van der Waals surface area contributed by atoms with E-state index in [2.05, 4.69) is 79.4 Å². The Morgan fingerprint density at radius 1 is 0.775 bits per heavy atom. The van der Waals surface area contributed by atoms with Crippen LogP contribution in [0.1, 0.15) is 84.3 Å². The summed E-state index contributed by atoms with van der Waals surface area (Å²) >= 11 is 0.